The highest BCUT2D eigenvalue weighted by molar-refractivity contribution is 14.1. The van der Waals surface area contributed by atoms with E-state index in [-0.39, 0.29) is 12.5 Å². The number of ether oxygens (including phenoxy) is 1. The third-order valence-electron chi connectivity index (χ3n) is 2.23. The average Bonchev–Trinajstić information content (AvgIpc) is 2.77. The third-order valence-corrected chi connectivity index (χ3v) is 4.66. The molecule has 0 radical (unpaired) electrons. The van der Waals surface area contributed by atoms with Crippen LogP contribution in [0.2, 0.25) is 0 Å². The molecule has 5 nitrogen and oxygen atoms in total. The molecule has 0 spiro atoms. The number of hydrogen-bond donors (Lipinski definition) is 1. The maximum Gasteiger partial charge on any atom is 0.277 e. The monoisotopic (exact) mass is 526 g/mol. The van der Waals surface area contributed by atoms with Crippen LogP contribution in [-0.4, -0.2) is 18.7 Å². The van der Waals surface area contributed by atoms with Gasteiger partial charge in [0.2, 0.25) is 0 Å². The molecule has 1 heterocycles. The van der Waals surface area contributed by atoms with Gasteiger partial charge in [-0.15, -0.1) is 0 Å². The lowest BCUT2D eigenvalue weighted by molar-refractivity contribution is -0.123. The van der Waals surface area contributed by atoms with Gasteiger partial charge in [-0.25, -0.2) is 5.43 Å². The summed E-state index contributed by atoms with van der Waals surface area (Å²) >= 11 is 8.69. The van der Waals surface area contributed by atoms with E-state index in [0.29, 0.717) is 16.2 Å². The molecule has 2 aromatic rings. The molecule has 0 saturated heterocycles. The molecule has 2 rings (SSSR count). The third kappa shape index (κ3) is 5.44. The minimum absolute atomic E-state index is 0.108. The number of amides is 1. The molecule has 0 bridgehead atoms. The molecule has 0 aliphatic heterocycles. The van der Waals surface area contributed by atoms with Gasteiger partial charge in [-0.05, 0) is 78.7 Å². The molecule has 8 heteroatoms. The Hall–Kier alpha value is -0.870. The van der Waals surface area contributed by atoms with Crippen LogP contribution in [-0.2, 0) is 4.79 Å². The molecule has 0 atom stereocenters. The summed E-state index contributed by atoms with van der Waals surface area (Å²) in [6, 6.07) is 9.13. The Bertz CT molecular complexity index is 636. The summed E-state index contributed by atoms with van der Waals surface area (Å²) in [7, 11) is 0. The summed E-state index contributed by atoms with van der Waals surface area (Å²) in [4.78, 5) is 11.5. The van der Waals surface area contributed by atoms with Gasteiger partial charge >= 0.3 is 0 Å². The van der Waals surface area contributed by atoms with E-state index in [2.05, 4.69) is 65.0 Å². The van der Waals surface area contributed by atoms with Gasteiger partial charge < -0.3 is 9.15 Å². The first-order valence-electron chi connectivity index (χ1n) is 5.69. The quantitative estimate of drug-likeness (QED) is 0.364. The van der Waals surface area contributed by atoms with Crippen molar-refractivity contribution in [1.82, 2.24) is 5.43 Å². The number of nitrogens with one attached hydrogen (secondary N) is 1. The molecule has 110 valence electrons. The second-order valence-electron chi connectivity index (χ2n) is 3.81. The summed E-state index contributed by atoms with van der Waals surface area (Å²) in [6.07, 6.45) is 1.40. The minimum atomic E-state index is -0.352. The lowest BCUT2D eigenvalue weighted by Crippen LogP contribution is -2.24. The number of rotatable bonds is 5. The standard InChI is InChI=1S/C13H9Br2IN2O3/c14-11-5-10(21-13(11)15)6-17-18-12(19)7-20-9-3-1-8(16)2-4-9/h1-6H,7H2,(H,18,19)/b17-6-. The first-order chi connectivity index (χ1) is 10.0. The van der Waals surface area contributed by atoms with E-state index in [1.54, 1.807) is 18.2 Å². The van der Waals surface area contributed by atoms with E-state index in [0.717, 1.165) is 8.04 Å². The Kier molecular flexibility index (Phi) is 6.24. The van der Waals surface area contributed by atoms with Gasteiger partial charge in [0.25, 0.3) is 5.91 Å². The Labute approximate surface area is 151 Å². The van der Waals surface area contributed by atoms with Gasteiger partial charge in [0.05, 0.1) is 10.7 Å². The van der Waals surface area contributed by atoms with Crippen LogP contribution in [0.1, 0.15) is 5.76 Å². The molecule has 0 unspecified atom stereocenters. The molecule has 0 fully saturated rings. The summed E-state index contributed by atoms with van der Waals surface area (Å²) in [6.45, 7) is -0.108. The van der Waals surface area contributed by atoms with Crippen LogP contribution >= 0.6 is 54.5 Å². The second kappa shape index (κ2) is 7.95. The van der Waals surface area contributed by atoms with E-state index in [9.17, 15) is 4.79 Å². The number of nitrogens with zero attached hydrogens (tertiary/aromatic N) is 1. The zero-order chi connectivity index (χ0) is 15.2. The van der Waals surface area contributed by atoms with Crippen LogP contribution in [0.3, 0.4) is 0 Å². The normalized spacial score (nSPS) is 10.8. The lowest BCUT2D eigenvalue weighted by Gasteiger charge is -2.04. The Balaban J connectivity index is 1.78. The summed E-state index contributed by atoms with van der Waals surface area (Å²) in [5.74, 6) is 0.788. The first kappa shape index (κ1) is 16.5. The van der Waals surface area contributed by atoms with E-state index >= 15 is 0 Å². The maximum atomic E-state index is 11.5. The highest BCUT2D eigenvalue weighted by Gasteiger charge is 2.04. The van der Waals surface area contributed by atoms with Crippen LogP contribution < -0.4 is 10.2 Å². The zero-order valence-corrected chi connectivity index (χ0v) is 15.8. The highest BCUT2D eigenvalue weighted by atomic mass is 127. The molecule has 0 saturated carbocycles. The number of hydrogen-bond acceptors (Lipinski definition) is 4. The largest absolute Gasteiger partial charge is 0.484 e. The van der Waals surface area contributed by atoms with Crippen molar-refractivity contribution in [2.24, 2.45) is 5.10 Å². The first-order valence-corrected chi connectivity index (χ1v) is 8.36. The van der Waals surface area contributed by atoms with Gasteiger partial charge in [-0.2, -0.15) is 5.10 Å². The predicted molar refractivity (Wildman–Crippen MR) is 94.5 cm³/mol. The average molecular weight is 528 g/mol. The molecule has 21 heavy (non-hydrogen) atoms. The Morgan fingerprint density at radius 3 is 2.71 bits per heavy atom. The molecular weight excluding hydrogens is 519 g/mol. The smallest absolute Gasteiger partial charge is 0.277 e. The fourth-order valence-corrected chi connectivity index (χ4v) is 2.27. The number of furan rings is 1. The van der Waals surface area contributed by atoms with E-state index < -0.39 is 0 Å². The number of carbonyl (C=O) groups is 1. The van der Waals surface area contributed by atoms with Gasteiger partial charge in [-0.1, -0.05) is 0 Å². The number of carbonyl (C=O) groups excluding carboxylic acids is 1. The molecule has 1 amide bonds. The Morgan fingerprint density at radius 2 is 2.10 bits per heavy atom. The van der Waals surface area contributed by atoms with Crippen molar-refractivity contribution in [1.29, 1.82) is 0 Å². The van der Waals surface area contributed by atoms with Crippen LogP contribution in [0.15, 0.2) is 49.0 Å². The molecule has 0 aliphatic carbocycles. The van der Waals surface area contributed by atoms with Gasteiger partial charge in [-0.3, -0.25) is 4.79 Å². The topological polar surface area (TPSA) is 63.8 Å². The molecule has 0 aliphatic rings. The second-order valence-corrected chi connectivity index (χ2v) is 6.63. The van der Waals surface area contributed by atoms with Gasteiger partial charge in [0, 0.05) is 9.64 Å². The van der Waals surface area contributed by atoms with Crippen LogP contribution in [0.4, 0.5) is 0 Å². The minimum Gasteiger partial charge on any atom is -0.484 e. The maximum absolute atomic E-state index is 11.5. The van der Waals surface area contributed by atoms with Gasteiger partial charge in [0.15, 0.2) is 11.3 Å². The van der Waals surface area contributed by atoms with Crippen molar-refractivity contribution >= 4 is 66.6 Å². The highest BCUT2D eigenvalue weighted by Crippen LogP contribution is 2.25. The summed E-state index contributed by atoms with van der Waals surface area (Å²) < 4.78 is 13.0. The number of benzene rings is 1. The van der Waals surface area contributed by atoms with Gasteiger partial charge in [0.1, 0.15) is 11.5 Å². The van der Waals surface area contributed by atoms with Crippen molar-refractivity contribution in [3.8, 4) is 5.75 Å². The molecule has 1 aromatic carbocycles. The van der Waals surface area contributed by atoms with Crippen molar-refractivity contribution in [3.63, 3.8) is 0 Å². The van der Waals surface area contributed by atoms with Crippen molar-refractivity contribution in [2.75, 3.05) is 6.61 Å². The molecule has 1 N–H and O–H groups in total. The number of halogens is 3. The van der Waals surface area contributed by atoms with E-state index in [1.165, 1.54) is 6.21 Å². The van der Waals surface area contributed by atoms with E-state index in [1.807, 2.05) is 12.1 Å². The van der Waals surface area contributed by atoms with Crippen molar-refractivity contribution in [3.05, 3.63) is 48.8 Å². The van der Waals surface area contributed by atoms with Crippen molar-refractivity contribution < 1.29 is 13.9 Å². The molecular formula is C13H9Br2IN2O3. The lowest BCUT2D eigenvalue weighted by atomic mass is 10.3. The van der Waals surface area contributed by atoms with E-state index in [4.69, 9.17) is 9.15 Å². The van der Waals surface area contributed by atoms with Crippen molar-refractivity contribution in [2.45, 2.75) is 0 Å². The fraction of sp³-hybridized carbons (Fsp3) is 0.0769. The summed E-state index contributed by atoms with van der Waals surface area (Å²) in [5, 5.41) is 3.78. The van der Waals surface area contributed by atoms with Crippen LogP contribution in [0, 0.1) is 3.57 Å². The zero-order valence-electron chi connectivity index (χ0n) is 10.5. The Morgan fingerprint density at radius 1 is 1.38 bits per heavy atom. The number of hydrazone groups is 1. The van der Waals surface area contributed by atoms with Crippen LogP contribution in [0.25, 0.3) is 0 Å². The predicted octanol–water partition coefficient (Wildman–Crippen LogP) is 3.94. The molecule has 1 aromatic heterocycles. The fourth-order valence-electron chi connectivity index (χ4n) is 1.31. The van der Waals surface area contributed by atoms with Crippen LogP contribution in [0.5, 0.6) is 5.75 Å². The summed E-state index contributed by atoms with van der Waals surface area (Å²) in [5.41, 5.74) is 2.35. The SMILES string of the molecule is O=C(COc1ccc(I)cc1)N/N=C\c1cc(Br)c(Br)o1.